The summed E-state index contributed by atoms with van der Waals surface area (Å²) in [5.41, 5.74) is 0.558. The lowest BCUT2D eigenvalue weighted by Crippen LogP contribution is -1.82. The van der Waals surface area contributed by atoms with Crippen LogP contribution in [0.15, 0.2) is 18.3 Å². The second-order valence-corrected chi connectivity index (χ2v) is 3.16. The van der Waals surface area contributed by atoms with Gasteiger partial charge in [-0.3, -0.25) is 0 Å². The topological polar surface area (TPSA) is 38.7 Å². The molecule has 0 atom stereocenters. The lowest BCUT2D eigenvalue weighted by atomic mass is 10.3. The van der Waals surface area contributed by atoms with Gasteiger partial charge in [-0.2, -0.15) is 8.78 Å². The third-order valence-electron chi connectivity index (χ3n) is 1.37. The van der Waals surface area contributed by atoms with Crippen LogP contribution in [-0.4, -0.2) is 15.2 Å². The molecule has 2 aromatic rings. The highest BCUT2D eigenvalue weighted by molar-refractivity contribution is 7.13. The molecule has 0 saturated carbocycles. The highest BCUT2D eigenvalue weighted by Crippen LogP contribution is 2.21. The molecule has 2 aromatic heterocycles. The molecular formula is C7H3F2N3S. The van der Waals surface area contributed by atoms with Gasteiger partial charge >= 0.3 is 0 Å². The highest BCUT2D eigenvalue weighted by atomic mass is 32.1. The first-order valence-electron chi connectivity index (χ1n) is 3.36. The first kappa shape index (κ1) is 8.18. The average Bonchev–Trinajstić information content (AvgIpc) is 2.53. The van der Waals surface area contributed by atoms with E-state index in [9.17, 15) is 8.78 Å². The first-order chi connectivity index (χ1) is 6.25. The Morgan fingerprint density at radius 2 is 2.00 bits per heavy atom. The summed E-state index contributed by atoms with van der Waals surface area (Å²) in [7, 11) is 0. The summed E-state index contributed by atoms with van der Waals surface area (Å²) in [5.74, 6) is -0.575. The summed E-state index contributed by atoms with van der Waals surface area (Å²) in [6.07, 6.45) is 1.29. The summed E-state index contributed by atoms with van der Waals surface area (Å²) in [4.78, 5) is 3.41. The number of pyridine rings is 1. The molecule has 0 amide bonds. The quantitative estimate of drug-likeness (QED) is 0.658. The van der Waals surface area contributed by atoms with E-state index in [2.05, 4.69) is 15.2 Å². The molecule has 2 heterocycles. The van der Waals surface area contributed by atoms with Crippen LogP contribution in [0.5, 0.6) is 0 Å². The van der Waals surface area contributed by atoms with Gasteiger partial charge in [0.15, 0.2) is 5.01 Å². The van der Waals surface area contributed by atoms with Crippen LogP contribution in [0, 0.1) is 11.2 Å². The van der Waals surface area contributed by atoms with Crippen molar-refractivity contribution in [3.63, 3.8) is 0 Å². The van der Waals surface area contributed by atoms with E-state index in [1.807, 2.05) is 0 Å². The number of hydrogen-bond donors (Lipinski definition) is 0. The molecule has 0 aromatic carbocycles. The minimum Gasteiger partial charge on any atom is -0.228 e. The van der Waals surface area contributed by atoms with Crippen LogP contribution in [0.2, 0.25) is 0 Å². The SMILES string of the molecule is Fc1ccc(-c2nnc(F)s2)cn1. The van der Waals surface area contributed by atoms with Gasteiger partial charge in [0.25, 0.3) is 5.26 Å². The van der Waals surface area contributed by atoms with Gasteiger partial charge in [0.2, 0.25) is 5.95 Å². The highest BCUT2D eigenvalue weighted by Gasteiger charge is 2.05. The van der Waals surface area contributed by atoms with Gasteiger partial charge < -0.3 is 0 Å². The van der Waals surface area contributed by atoms with Crippen molar-refractivity contribution < 1.29 is 8.78 Å². The zero-order valence-corrected chi connectivity index (χ0v) is 7.05. The summed E-state index contributed by atoms with van der Waals surface area (Å²) < 4.78 is 24.8. The Balaban J connectivity index is 2.41. The molecule has 3 nitrogen and oxygen atoms in total. The monoisotopic (exact) mass is 199 g/mol. The number of aromatic nitrogens is 3. The molecule has 13 heavy (non-hydrogen) atoms. The van der Waals surface area contributed by atoms with E-state index >= 15 is 0 Å². The molecule has 0 fully saturated rings. The van der Waals surface area contributed by atoms with Gasteiger partial charge in [-0.1, -0.05) is 11.3 Å². The maximum absolute atomic E-state index is 12.4. The first-order valence-corrected chi connectivity index (χ1v) is 4.18. The maximum Gasteiger partial charge on any atom is 0.289 e. The minimum atomic E-state index is -0.612. The second-order valence-electron chi connectivity index (χ2n) is 2.23. The molecule has 0 aliphatic carbocycles. The number of halogens is 2. The number of rotatable bonds is 1. The van der Waals surface area contributed by atoms with E-state index in [1.54, 1.807) is 0 Å². The maximum atomic E-state index is 12.4. The molecule has 0 unspecified atom stereocenters. The van der Waals surface area contributed by atoms with Gasteiger partial charge in [-0.05, 0) is 12.1 Å². The molecule has 0 radical (unpaired) electrons. The molecule has 0 aliphatic rings. The zero-order valence-electron chi connectivity index (χ0n) is 6.24. The molecule has 2 rings (SSSR count). The van der Waals surface area contributed by atoms with Crippen molar-refractivity contribution in [3.8, 4) is 10.6 Å². The fraction of sp³-hybridized carbons (Fsp3) is 0. The smallest absolute Gasteiger partial charge is 0.228 e. The minimum absolute atomic E-state index is 0.394. The molecule has 0 spiro atoms. The van der Waals surface area contributed by atoms with E-state index in [0.29, 0.717) is 10.6 Å². The van der Waals surface area contributed by atoms with Gasteiger partial charge in [-0.15, -0.1) is 10.2 Å². The predicted molar refractivity (Wildman–Crippen MR) is 43.1 cm³/mol. The lowest BCUT2D eigenvalue weighted by molar-refractivity contribution is 0.584. The van der Waals surface area contributed by atoms with Crippen molar-refractivity contribution in [2.45, 2.75) is 0 Å². The molecule has 0 aliphatic heterocycles. The Hall–Kier alpha value is -1.43. The van der Waals surface area contributed by atoms with Crippen LogP contribution in [0.4, 0.5) is 8.78 Å². The Bertz CT molecular complexity index is 412. The zero-order chi connectivity index (χ0) is 9.26. The van der Waals surface area contributed by atoms with Crippen molar-refractivity contribution in [2.24, 2.45) is 0 Å². The van der Waals surface area contributed by atoms with Crippen molar-refractivity contribution in [3.05, 3.63) is 29.5 Å². The second kappa shape index (κ2) is 3.14. The summed E-state index contributed by atoms with van der Waals surface area (Å²) >= 11 is 0.795. The summed E-state index contributed by atoms with van der Waals surface area (Å²) in [6.45, 7) is 0. The van der Waals surface area contributed by atoms with Gasteiger partial charge in [0.1, 0.15) is 0 Å². The number of hydrogen-bond acceptors (Lipinski definition) is 4. The third-order valence-corrected chi connectivity index (χ3v) is 2.14. The standard InChI is InChI=1S/C7H3F2N3S/c8-5-2-1-4(3-10-5)6-11-12-7(9)13-6/h1-3H. The lowest BCUT2D eigenvalue weighted by Gasteiger charge is -1.91. The Kier molecular flexibility index (Phi) is 1.97. The van der Waals surface area contributed by atoms with Gasteiger partial charge in [0, 0.05) is 11.8 Å². The van der Waals surface area contributed by atoms with Crippen LogP contribution in [-0.2, 0) is 0 Å². The average molecular weight is 199 g/mol. The van der Waals surface area contributed by atoms with E-state index in [4.69, 9.17) is 0 Å². The van der Waals surface area contributed by atoms with E-state index < -0.39 is 11.2 Å². The Morgan fingerprint density at radius 1 is 1.15 bits per heavy atom. The van der Waals surface area contributed by atoms with E-state index in [1.165, 1.54) is 18.3 Å². The van der Waals surface area contributed by atoms with Crippen LogP contribution in [0.3, 0.4) is 0 Å². The van der Waals surface area contributed by atoms with E-state index in [0.717, 1.165) is 11.3 Å². The van der Waals surface area contributed by atoms with Crippen molar-refractivity contribution in [1.82, 2.24) is 15.2 Å². The Morgan fingerprint density at radius 3 is 2.54 bits per heavy atom. The summed E-state index contributed by atoms with van der Waals surface area (Å²) in [5, 5.41) is 6.52. The molecule has 6 heteroatoms. The molecule has 0 N–H and O–H groups in total. The number of nitrogens with zero attached hydrogens (tertiary/aromatic N) is 3. The fourth-order valence-corrected chi connectivity index (χ4v) is 1.39. The van der Waals surface area contributed by atoms with Crippen LogP contribution < -0.4 is 0 Å². The van der Waals surface area contributed by atoms with E-state index in [-0.39, 0.29) is 0 Å². The normalized spacial score (nSPS) is 10.3. The fourth-order valence-electron chi connectivity index (χ4n) is 0.824. The van der Waals surface area contributed by atoms with Gasteiger partial charge in [-0.25, -0.2) is 4.98 Å². The molecule has 66 valence electrons. The summed E-state index contributed by atoms with van der Waals surface area (Å²) in [6, 6.07) is 2.66. The van der Waals surface area contributed by atoms with Crippen molar-refractivity contribution >= 4 is 11.3 Å². The third kappa shape index (κ3) is 1.67. The molecule has 0 bridgehead atoms. The van der Waals surface area contributed by atoms with Crippen LogP contribution >= 0.6 is 11.3 Å². The van der Waals surface area contributed by atoms with Crippen LogP contribution in [0.25, 0.3) is 10.6 Å². The molecular weight excluding hydrogens is 196 g/mol. The predicted octanol–water partition coefficient (Wildman–Crippen LogP) is 1.88. The van der Waals surface area contributed by atoms with Gasteiger partial charge in [0.05, 0.1) is 0 Å². The molecule has 0 saturated heterocycles. The van der Waals surface area contributed by atoms with Crippen LogP contribution in [0.1, 0.15) is 0 Å². The largest absolute Gasteiger partial charge is 0.289 e. The van der Waals surface area contributed by atoms with Crippen molar-refractivity contribution in [1.29, 1.82) is 0 Å². The Labute approximate surface area is 76.1 Å². The van der Waals surface area contributed by atoms with Crippen molar-refractivity contribution in [2.75, 3.05) is 0 Å².